The highest BCUT2D eigenvalue weighted by Gasteiger charge is 2.28. The van der Waals surface area contributed by atoms with Crippen LogP contribution in [0.3, 0.4) is 0 Å². The second-order valence-corrected chi connectivity index (χ2v) is 5.58. The van der Waals surface area contributed by atoms with E-state index in [4.69, 9.17) is 14.2 Å². The highest BCUT2D eigenvalue weighted by molar-refractivity contribution is 5.80. The van der Waals surface area contributed by atoms with Crippen LogP contribution in [0.2, 0.25) is 0 Å². The molecule has 21 heavy (non-hydrogen) atoms. The molecule has 0 unspecified atom stereocenters. The first kappa shape index (κ1) is 14.2. The van der Waals surface area contributed by atoms with E-state index in [9.17, 15) is 4.79 Å². The first-order chi connectivity index (χ1) is 10.3. The Hall–Kier alpha value is -1.75. The summed E-state index contributed by atoms with van der Waals surface area (Å²) in [6, 6.07) is 5.99. The fourth-order valence-electron chi connectivity index (χ4n) is 2.81. The molecule has 1 fully saturated rings. The summed E-state index contributed by atoms with van der Waals surface area (Å²) in [7, 11) is 1.63. The van der Waals surface area contributed by atoms with Gasteiger partial charge in [0.1, 0.15) is 18.1 Å². The number of fused-ring (bicyclic) bond motifs is 1. The number of hydrogen-bond acceptors (Lipinski definition) is 4. The number of hydrogen-bond donors (Lipinski definition) is 1. The molecule has 1 N–H and O–H groups in total. The lowest BCUT2D eigenvalue weighted by molar-refractivity contribution is -0.127. The van der Waals surface area contributed by atoms with Gasteiger partial charge in [0.15, 0.2) is 0 Å². The second kappa shape index (κ2) is 6.35. The fraction of sp³-hybridized carbons (Fsp3) is 0.562. The van der Waals surface area contributed by atoms with Crippen LogP contribution in [-0.4, -0.2) is 38.9 Å². The molecule has 5 nitrogen and oxygen atoms in total. The number of amides is 1. The maximum absolute atomic E-state index is 12.3. The average Bonchev–Trinajstić information content (AvgIpc) is 2.54. The largest absolute Gasteiger partial charge is 0.497 e. The zero-order chi connectivity index (χ0) is 14.7. The van der Waals surface area contributed by atoms with E-state index in [1.54, 1.807) is 7.11 Å². The van der Waals surface area contributed by atoms with Crippen molar-refractivity contribution < 1.29 is 19.0 Å². The summed E-state index contributed by atoms with van der Waals surface area (Å²) in [6.45, 7) is 1.89. The molecule has 0 bridgehead atoms. The van der Waals surface area contributed by atoms with Crippen LogP contribution in [0.4, 0.5) is 0 Å². The first-order valence-corrected chi connectivity index (χ1v) is 7.44. The summed E-state index contributed by atoms with van der Waals surface area (Å²) in [5, 5.41) is 3.12. The molecule has 5 heteroatoms. The van der Waals surface area contributed by atoms with E-state index in [0.717, 1.165) is 43.1 Å². The summed E-state index contributed by atoms with van der Waals surface area (Å²) in [4.78, 5) is 12.3. The van der Waals surface area contributed by atoms with Crippen LogP contribution in [0.15, 0.2) is 18.2 Å². The number of benzene rings is 1. The molecule has 0 spiro atoms. The summed E-state index contributed by atoms with van der Waals surface area (Å²) >= 11 is 0. The molecule has 2 aliphatic heterocycles. The van der Waals surface area contributed by atoms with Gasteiger partial charge in [-0.2, -0.15) is 0 Å². The van der Waals surface area contributed by atoms with Crippen LogP contribution in [0.25, 0.3) is 0 Å². The molecule has 1 amide bonds. The van der Waals surface area contributed by atoms with E-state index in [0.29, 0.717) is 13.0 Å². The molecule has 114 valence electrons. The van der Waals surface area contributed by atoms with Crippen molar-refractivity contribution >= 4 is 5.91 Å². The van der Waals surface area contributed by atoms with Crippen molar-refractivity contribution in [2.45, 2.75) is 25.3 Å². The van der Waals surface area contributed by atoms with Crippen LogP contribution in [0.1, 0.15) is 18.4 Å². The predicted octanol–water partition coefficient (Wildman–Crippen LogP) is 1.54. The van der Waals surface area contributed by atoms with Gasteiger partial charge in [-0.25, -0.2) is 0 Å². The summed E-state index contributed by atoms with van der Waals surface area (Å²) in [6.07, 6.45) is 2.51. The number of methoxy groups -OCH3 is 1. The van der Waals surface area contributed by atoms with Gasteiger partial charge >= 0.3 is 0 Å². The third-order valence-corrected chi connectivity index (χ3v) is 4.12. The van der Waals surface area contributed by atoms with Crippen molar-refractivity contribution in [3.05, 3.63) is 23.8 Å². The van der Waals surface area contributed by atoms with Gasteiger partial charge in [0, 0.05) is 25.3 Å². The van der Waals surface area contributed by atoms with Crippen molar-refractivity contribution in [3.63, 3.8) is 0 Å². The summed E-state index contributed by atoms with van der Waals surface area (Å²) in [5.41, 5.74) is 1.06. The lowest BCUT2D eigenvalue weighted by atomic mass is 9.95. The zero-order valence-corrected chi connectivity index (χ0v) is 12.3. The Morgan fingerprint density at radius 3 is 2.90 bits per heavy atom. The summed E-state index contributed by atoms with van der Waals surface area (Å²) < 4.78 is 16.2. The third kappa shape index (κ3) is 3.29. The van der Waals surface area contributed by atoms with E-state index < -0.39 is 0 Å². The second-order valence-electron chi connectivity index (χ2n) is 5.58. The molecule has 0 aromatic heterocycles. The van der Waals surface area contributed by atoms with Gasteiger partial charge < -0.3 is 19.5 Å². The van der Waals surface area contributed by atoms with Gasteiger partial charge in [-0.15, -0.1) is 0 Å². The molecule has 1 saturated heterocycles. The lowest BCUT2D eigenvalue weighted by Crippen LogP contribution is -2.44. The Morgan fingerprint density at radius 2 is 2.14 bits per heavy atom. The van der Waals surface area contributed by atoms with Crippen molar-refractivity contribution in [3.8, 4) is 11.5 Å². The average molecular weight is 291 g/mol. The zero-order valence-electron chi connectivity index (χ0n) is 12.3. The van der Waals surface area contributed by atoms with Gasteiger partial charge in [-0.05, 0) is 30.9 Å². The Labute approximate surface area is 124 Å². The molecule has 3 rings (SSSR count). The Balaban J connectivity index is 1.61. The summed E-state index contributed by atoms with van der Waals surface area (Å²) in [5.74, 6) is 1.57. The van der Waals surface area contributed by atoms with Gasteiger partial charge in [-0.1, -0.05) is 6.07 Å². The third-order valence-electron chi connectivity index (χ3n) is 4.12. The first-order valence-electron chi connectivity index (χ1n) is 7.44. The van der Waals surface area contributed by atoms with Crippen LogP contribution < -0.4 is 14.8 Å². The SMILES string of the molecule is COc1ccc2c(c1)OC[C@H](C(=O)NC1CCOCC1)C2. The van der Waals surface area contributed by atoms with E-state index >= 15 is 0 Å². The highest BCUT2D eigenvalue weighted by Crippen LogP contribution is 2.31. The van der Waals surface area contributed by atoms with E-state index in [-0.39, 0.29) is 17.9 Å². The fourth-order valence-corrected chi connectivity index (χ4v) is 2.81. The smallest absolute Gasteiger partial charge is 0.227 e. The molecule has 1 aromatic rings. The molecule has 0 saturated carbocycles. The lowest BCUT2D eigenvalue weighted by Gasteiger charge is -2.28. The number of nitrogens with one attached hydrogen (secondary N) is 1. The molecule has 1 aromatic carbocycles. The van der Waals surface area contributed by atoms with Crippen molar-refractivity contribution in [2.24, 2.45) is 5.92 Å². The molecule has 2 heterocycles. The molecule has 1 atom stereocenters. The minimum absolute atomic E-state index is 0.0865. The maximum atomic E-state index is 12.3. The van der Waals surface area contributed by atoms with Gasteiger partial charge in [0.25, 0.3) is 0 Å². The Kier molecular flexibility index (Phi) is 4.29. The van der Waals surface area contributed by atoms with Crippen LogP contribution >= 0.6 is 0 Å². The topological polar surface area (TPSA) is 56.8 Å². The standard InChI is InChI=1S/C16H21NO4/c1-19-14-3-2-11-8-12(10-21-15(11)9-14)16(18)17-13-4-6-20-7-5-13/h2-3,9,12-13H,4-8,10H2,1H3,(H,17,18)/t12-/m1/s1. The monoisotopic (exact) mass is 291 g/mol. The van der Waals surface area contributed by atoms with Gasteiger partial charge in [-0.3, -0.25) is 4.79 Å². The number of rotatable bonds is 3. The van der Waals surface area contributed by atoms with Crippen molar-refractivity contribution in [1.29, 1.82) is 0 Å². The van der Waals surface area contributed by atoms with Crippen LogP contribution in [-0.2, 0) is 16.0 Å². The number of ether oxygens (including phenoxy) is 3. The van der Waals surface area contributed by atoms with Crippen LogP contribution in [0.5, 0.6) is 11.5 Å². The maximum Gasteiger partial charge on any atom is 0.227 e. The molecule has 0 aliphatic carbocycles. The quantitative estimate of drug-likeness (QED) is 0.918. The van der Waals surface area contributed by atoms with Crippen molar-refractivity contribution in [2.75, 3.05) is 26.9 Å². The van der Waals surface area contributed by atoms with Gasteiger partial charge in [0.05, 0.1) is 13.0 Å². The Morgan fingerprint density at radius 1 is 1.33 bits per heavy atom. The van der Waals surface area contributed by atoms with Crippen LogP contribution in [0, 0.1) is 5.92 Å². The van der Waals surface area contributed by atoms with E-state index in [1.165, 1.54) is 0 Å². The molecular formula is C16H21NO4. The molecule has 2 aliphatic rings. The normalized spacial score (nSPS) is 22.0. The van der Waals surface area contributed by atoms with E-state index in [2.05, 4.69) is 5.32 Å². The molecule has 0 radical (unpaired) electrons. The van der Waals surface area contributed by atoms with E-state index in [1.807, 2.05) is 18.2 Å². The predicted molar refractivity (Wildman–Crippen MR) is 77.7 cm³/mol. The molecular weight excluding hydrogens is 270 g/mol. The van der Waals surface area contributed by atoms with Gasteiger partial charge in [0.2, 0.25) is 5.91 Å². The minimum atomic E-state index is -0.117. The number of carbonyl (C=O) groups excluding carboxylic acids is 1. The minimum Gasteiger partial charge on any atom is -0.497 e. The van der Waals surface area contributed by atoms with Crippen molar-refractivity contribution in [1.82, 2.24) is 5.32 Å². The number of carbonyl (C=O) groups is 1. The highest BCUT2D eigenvalue weighted by atomic mass is 16.5. The Bertz CT molecular complexity index is 511.